The maximum Gasteiger partial charge on any atom is 0.349 e. The first-order valence-corrected chi connectivity index (χ1v) is 9.02. The van der Waals surface area contributed by atoms with Gasteiger partial charge in [0.05, 0.1) is 19.4 Å². The van der Waals surface area contributed by atoms with Crippen LogP contribution in [0.1, 0.15) is 27.9 Å². The molecular formula is C19H18FNO5S. The number of halogens is 1. The van der Waals surface area contributed by atoms with E-state index in [-0.39, 0.29) is 18.0 Å². The van der Waals surface area contributed by atoms with Crippen molar-refractivity contribution in [2.45, 2.75) is 26.2 Å². The van der Waals surface area contributed by atoms with Gasteiger partial charge in [-0.1, -0.05) is 6.07 Å². The van der Waals surface area contributed by atoms with Gasteiger partial charge in [0.1, 0.15) is 16.5 Å². The molecule has 0 saturated heterocycles. The molecule has 0 bridgehead atoms. The minimum absolute atomic E-state index is 0.0600. The summed E-state index contributed by atoms with van der Waals surface area (Å²) in [6.45, 7) is 1.72. The van der Waals surface area contributed by atoms with E-state index in [1.54, 1.807) is 24.3 Å². The molecule has 3 rings (SSSR count). The second-order valence-electron chi connectivity index (χ2n) is 5.80. The quantitative estimate of drug-likeness (QED) is 0.622. The molecule has 1 N–H and O–H groups in total. The molecule has 27 heavy (non-hydrogen) atoms. The number of rotatable bonds is 7. The van der Waals surface area contributed by atoms with Gasteiger partial charge >= 0.3 is 5.97 Å². The molecule has 0 aliphatic carbocycles. The van der Waals surface area contributed by atoms with Gasteiger partial charge in [0.25, 0.3) is 5.91 Å². The number of ether oxygens (including phenoxy) is 2. The number of carbonyl (C=O) groups excluding carboxylic acids is 2. The lowest BCUT2D eigenvalue weighted by Gasteiger charge is -2.13. The zero-order valence-electron chi connectivity index (χ0n) is 14.8. The summed E-state index contributed by atoms with van der Waals surface area (Å²) in [7, 11) is 1.46. The normalized spacial score (nSPS) is 12.1. The van der Waals surface area contributed by atoms with Crippen LogP contribution in [0.3, 0.4) is 0 Å². The Labute approximate surface area is 158 Å². The molecule has 8 heteroatoms. The second kappa shape index (κ2) is 8.32. The maximum absolute atomic E-state index is 14.2. The van der Waals surface area contributed by atoms with Crippen LogP contribution in [-0.2, 0) is 27.4 Å². The van der Waals surface area contributed by atoms with Gasteiger partial charge in [-0.15, -0.1) is 11.3 Å². The lowest BCUT2D eigenvalue weighted by Crippen LogP contribution is -2.35. The number of methoxy groups -OCH3 is 1. The van der Waals surface area contributed by atoms with Crippen LogP contribution in [0.5, 0.6) is 0 Å². The van der Waals surface area contributed by atoms with Gasteiger partial charge in [-0.25, -0.2) is 9.18 Å². The van der Waals surface area contributed by atoms with E-state index in [1.807, 2.05) is 0 Å². The smallest absolute Gasteiger partial charge is 0.349 e. The molecule has 0 unspecified atom stereocenters. The summed E-state index contributed by atoms with van der Waals surface area (Å²) < 4.78 is 30.3. The highest BCUT2D eigenvalue weighted by Crippen LogP contribution is 2.34. The third kappa shape index (κ3) is 4.17. The van der Waals surface area contributed by atoms with Crippen molar-refractivity contribution in [1.82, 2.24) is 5.32 Å². The lowest BCUT2D eigenvalue weighted by molar-refractivity contribution is -0.129. The predicted molar refractivity (Wildman–Crippen MR) is 97.9 cm³/mol. The molecular weight excluding hydrogens is 373 g/mol. The Morgan fingerprint density at radius 3 is 2.81 bits per heavy atom. The zero-order chi connectivity index (χ0) is 19.4. The van der Waals surface area contributed by atoms with E-state index in [9.17, 15) is 14.0 Å². The van der Waals surface area contributed by atoms with Crippen molar-refractivity contribution in [2.24, 2.45) is 0 Å². The molecule has 2 aromatic heterocycles. The number of furan rings is 1. The van der Waals surface area contributed by atoms with Crippen molar-refractivity contribution in [2.75, 3.05) is 7.11 Å². The Bertz CT molecular complexity index is 951. The number of amides is 1. The fourth-order valence-corrected chi connectivity index (χ4v) is 3.72. The van der Waals surface area contributed by atoms with E-state index in [2.05, 4.69) is 5.32 Å². The van der Waals surface area contributed by atoms with Crippen molar-refractivity contribution in [1.29, 1.82) is 0 Å². The number of benzene rings is 1. The molecule has 142 valence electrons. The molecule has 1 aromatic carbocycles. The highest BCUT2D eigenvalue weighted by atomic mass is 32.1. The fraction of sp³-hybridized carbons (Fsp3) is 0.263. The summed E-state index contributed by atoms with van der Waals surface area (Å²) in [5, 5.41) is 2.97. The van der Waals surface area contributed by atoms with E-state index in [0.717, 1.165) is 11.3 Å². The van der Waals surface area contributed by atoms with E-state index in [0.29, 0.717) is 21.4 Å². The Morgan fingerprint density at radius 2 is 2.11 bits per heavy atom. The van der Waals surface area contributed by atoms with Crippen LogP contribution in [-0.4, -0.2) is 25.1 Å². The van der Waals surface area contributed by atoms with Gasteiger partial charge in [0.2, 0.25) is 0 Å². The summed E-state index contributed by atoms with van der Waals surface area (Å²) in [4.78, 5) is 24.9. The Balaban J connectivity index is 1.74. The molecule has 0 aliphatic rings. The Hall–Kier alpha value is -2.71. The largest absolute Gasteiger partial charge is 0.467 e. The SMILES string of the molecule is COCc1c(C(=O)O[C@H](C)C(=O)NCc2ccco2)sc2cccc(F)c12. The first kappa shape index (κ1) is 19.1. The maximum atomic E-state index is 14.2. The first-order chi connectivity index (χ1) is 13.0. The molecule has 2 heterocycles. The van der Waals surface area contributed by atoms with E-state index >= 15 is 0 Å². The van der Waals surface area contributed by atoms with Gasteiger partial charge in [-0.05, 0) is 31.2 Å². The van der Waals surface area contributed by atoms with Gasteiger partial charge in [0.15, 0.2) is 6.10 Å². The van der Waals surface area contributed by atoms with E-state index < -0.39 is 23.8 Å². The lowest BCUT2D eigenvalue weighted by atomic mass is 10.1. The van der Waals surface area contributed by atoms with E-state index in [1.165, 1.54) is 26.4 Å². The average molecular weight is 391 g/mol. The van der Waals surface area contributed by atoms with Crippen LogP contribution in [0.25, 0.3) is 10.1 Å². The number of hydrogen-bond donors (Lipinski definition) is 1. The number of carbonyl (C=O) groups is 2. The minimum Gasteiger partial charge on any atom is -0.467 e. The summed E-state index contributed by atoms with van der Waals surface area (Å²) in [6, 6.07) is 8.06. The summed E-state index contributed by atoms with van der Waals surface area (Å²) in [5.41, 5.74) is 0.420. The summed E-state index contributed by atoms with van der Waals surface area (Å²) >= 11 is 1.11. The summed E-state index contributed by atoms with van der Waals surface area (Å²) in [5.74, 6) is -0.994. The van der Waals surface area contributed by atoms with Crippen molar-refractivity contribution in [3.63, 3.8) is 0 Å². The van der Waals surface area contributed by atoms with Crippen LogP contribution in [0.15, 0.2) is 41.0 Å². The highest BCUT2D eigenvalue weighted by molar-refractivity contribution is 7.21. The highest BCUT2D eigenvalue weighted by Gasteiger charge is 2.25. The van der Waals surface area contributed by atoms with Crippen LogP contribution >= 0.6 is 11.3 Å². The number of esters is 1. The standard InChI is InChI=1S/C19H18FNO5S/c1-11(18(22)21-9-12-5-4-8-25-12)26-19(23)17-13(10-24-2)16-14(20)6-3-7-15(16)27-17/h3-8,11H,9-10H2,1-2H3,(H,21,22)/t11-/m1/s1. The fourth-order valence-electron chi connectivity index (χ4n) is 2.61. The molecule has 3 aromatic rings. The van der Waals surface area contributed by atoms with Crippen molar-refractivity contribution >= 4 is 33.3 Å². The monoisotopic (exact) mass is 391 g/mol. The van der Waals surface area contributed by atoms with Gasteiger partial charge in [-0.2, -0.15) is 0 Å². The molecule has 0 fully saturated rings. The number of nitrogens with one attached hydrogen (secondary N) is 1. The van der Waals surface area contributed by atoms with Gasteiger partial charge < -0.3 is 19.2 Å². The third-order valence-corrected chi connectivity index (χ3v) is 5.08. The van der Waals surface area contributed by atoms with Crippen molar-refractivity contribution in [3.8, 4) is 0 Å². The number of thiophene rings is 1. The van der Waals surface area contributed by atoms with Crippen molar-refractivity contribution in [3.05, 3.63) is 58.6 Å². The minimum atomic E-state index is -1.02. The number of hydrogen-bond acceptors (Lipinski definition) is 6. The Kier molecular flexibility index (Phi) is 5.88. The number of fused-ring (bicyclic) bond motifs is 1. The summed E-state index contributed by atoms with van der Waals surface area (Å²) in [6.07, 6.45) is 0.487. The van der Waals surface area contributed by atoms with Gasteiger partial charge in [-0.3, -0.25) is 4.79 Å². The van der Waals surface area contributed by atoms with Crippen LogP contribution in [0.2, 0.25) is 0 Å². The van der Waals surface area contributed by atoms with E-state index in [4.69, 9.17) is 13.9 Å². The molecule has 0 spiro atoms. The first-order valence-electron chi connectivity index (χ1n) is 8.21. The predicted octanol–water partition coefficient (Wildman–Crippen LogP) is 3.64. The second-order valence-corrected chi connectivity index (χ2v) is 6.85. The van der Waals surface area contributed by atoms with Crippen LogP contribution in [0.4, 0.5) is 4.39 Å². The molecule has 6 nitrogen and oxygen atoms in total. The molecule has 0 aliphatic heterocycles. The topological polar surface area (TPSA) is 77.8 Å². The average Bonchev–Trinajstić information content (AvgIpc) is 3.28. The van der Waals surface area contributed by atoms with Crippen LogP contribution < -0.4 is 5.32 Å². The molecule has 1 atom stereocenters. The third-order valence-electron chi connectivity index (χ3n) is 3.91. The van der Waals surface area contributed by atoms with Gasteiger partial charge in [0, 0.05) is 22.8 Å². The molecule has 0 saturated carbocycles. The van der Waals surface area contributed by atoms with Crippen molar-refractivity contribution < 1.29 is 27.9 Å². The molecule has 1 amide bonds. The zero-order valence-corrected chi connectivity index (χ0v) is 15.6. The Morgan fingerprint density at radius 1 is 1.30 bits per heavy atom. The molecule has 0 radical (unpaired) electrons. The van der Waals surface area contributed by atoms with Crippen LogP contribution in [0, 0.1) is 5.82 Å².